The van der Waals surface area contributed by atoms with Crippen molar-refractivity contribution in [3.05, 3.63) is 29.3 Å². The first-order chi connectivity index (χ1) is 9.13. The fraction of sp³-hybridized carbons (Fsp3) is 0.500. The highest BCUT2D eigenvalue weighted by atomic mass is 16.5. The van der Waals surface area contributed by atoms with E-state index < -0.39 is 0 Å². The van der Waals surface area contributed by atoms with Crippen LogP contribution in [0.25, 0.3) is 0 Å². The monoisotopic (exact) mass is 263 g/mol. The van der Waals surface area contributed by atoms with Gasteiger partial charge in [-0.15, -0.1) is 0 Å². The second-order valence-corrected chi connectivity index (χ2v) is 4.82. The van der Waals surface area contributed by atoms with Gasteiger partial charge >= 0.3 is 0 Å². The first-order valence-electron chi connectivity index (χ1n) is 6.52. The number of amides is 1. The molecule has 1 fully saturated rings. The third kappa shape index (κ3) is 3.05. The van der Waals surface area contributed by atoms with E-state index in [1.165, 1.54) is 0 Å². The number of aryl methyl sites for hydroxylation is 1. The number of rotatable bonds is 4. The molecule has 1 aliphatic heterocycles. The van der Waals surface area contributed by atoms with Gasteiger partial charge < -0.3 is 15.8 Å². The predicted octanol–water partition coefficient (Wildman–Crippen LogP) is 0.435. The summed E-state index contributed by atoms with van der Waals surface area (Å²) in [6, 6.07) is 5.44. The molecular weight excluding hydrogens is 242 g/mol. The van der Waals surface area contributed by atoms with Crippen LogP contribution in [0.4, 0.5) is 0 Å². The lowest BCUT2D eigenvalue weighted by Gasteiger charge is -2.33. The van der Waals surface area contributed by atoms with Gasteiger partial charge in [-0.05, 0) is 24.1 Å². The lowest BCUT2D eigenvalue weighted by molar-refractivity contribution is -0.123. The van der Waals surface area contributed by atoms with E-state index >= 15 is 0 Å². The second kappa shape index (κ2) is 6.04. The van der Waals surface area contributed by atoms with Crippen molar-refractivity contribution in [2.75, 3.05) is 33.3 Å². The molecule has 1 heterocycles. The summed E-state index contributed by atoms with van der Waals surface area (Å²) in [5.41, 5.74) is 7.54. The van der Waals surface area contributed by atoms with E-state index in [1.807, 2.05) is 25.1 Å². The molecule has 0 spiro atoms. The Morgan fingerprint density at radius 2 is 2.11 bits per heavy atom. The van der Waals surface area contributed by atoms with Gasteiger partial charge in [-0.1, -0.05) is 12.1 Å². The van der Waals surface area contributed by atoms with Crippen LogP contribution in [0.15, 0.2) is 18.2 Å². The van der Waals surface area contributed by atoms with Crippen LogP contribution >= 0.6 is 0 Å². The van der Waals surface area contributed by atoms with Gasteiger partial charge in [0.05, 0.1) is 7.11 Å². The van der Waals surface area contributed by atoms with Gasteiger partial charge in [-0.2, -0.15) is 0 Å². The molecule has 3 N–H and O–H groups in total. The van der Waals surface area contributed by atoms with E-state index in [0.717, 1.165) is 43.1 Å². The first kappa shape index (κ1) is 13.8. The van der Waals surface area contributed by atoms with Crippen LogP contribution in [-0.4, -0.2) is 44.1 Å². The van der Waals surface area contributed by atoms with Crippen molar-refractivity contribution in [1.29, 1.82) is 0 Å². The fourth-order valence-corrected chi connectivity index (χ4v) is 2.57. The maximum Gasteiger partial charge on any atom is 0.239 e. The summed E-state index contributed by atoms with van der Waals surface area (Å²) in [4.78, 5) is 13.9. The molecule has 1 atom stereocenters. The molecule has 0 aromatic heterocycles. The zero-order valence-electron chi connectivity index (χ0n) is 11.5. The molecule has 2 rings (SSSR count). The molecule has 104 valence electrons. The number of nitrogens with two attached hydrogens (primary N) is 1. The lowest BCUT2D eigenvalue weighted by Crippen LogP contribution is -2.48. The van der Waals surface area contributed by atoms with E-state index in [4.69, 9.17) is 10.5 Å². The second-order valence-electron chi connectivity index (χ2n) is 4.82. The largest absolute Gasteiger partial charge is 0.496 e. The van der Waals surface area contributed by atoms with Crippen LogP contribution in [0.3, 0.4) is 0 Å². The van der Waals surface area contributed by atoms with Crippen LogP contribution in [-0.2, 0) is 4.79 Å². The SMILES string of the molecule is COc1ccc(C(C(N)=O)N2CCNCC2)cc1C. The summed E-state index contributed by atoms with van der Waals surface area (Å²) in [5, 5.41) is 3.28. The van der Waals surface area contributed by atoms with E-state index in [2.05, 4.69) is 10.2 Å². The lowest BCUT2D eigenvalue weighted by atomic mass is 10.0. The number of nitrogens with zero attached hydrogens (tertiary/aromatic N) is 1. The van der Waals surface area contributed by atoms with Gasteiger partial charge in [-0.3, -0.25) is 9.69 Å². The summed E-state index contributed by atoms with van der Waals surface area (Å²) in [5.74, 6) is 0.527. The molecule has 1 aromatic carbocycles. The third-order valence-electron chi connectivity index (χ3n) is 3.52. The molecule has 19 heavy (non-hydrogen) atoms. The van der Waals surface area contributed by atoms with Crippen LogP contribution in [0.2, 0.25) is 0 Å². The Morgan fingerprint density at radius 1 is 1.42 bits per heavy atom. The number of primary amides is 1. The molecule has 0 saturated carbocycles. The van der Waals surface area contributed by atoms with E-state index in [9.17, 15) is 4.79 Å². The Kier molecular flexibility index (Phi) is 4.39. The predicted molar refractivity (Wildman–Crippen MR) is 74.1 cm³/mol. The van der Waals surface area contributed by atoms with Crippen LogP contribution < -0.4 is 15.8 Å². The van der Waals surface area contributed by atoms with E-state index in [-0.39, 0.29) is 11.9 Å². The molecule has 1 amide bonds. The van der Waals surface area contributed by atoms with Gasteiger partial charge in [-0.25, -0.2) is 0 Å². The Balaban J connectivity index is 2.28. The number of hydrogen-bond acceptors (Lipinski definition) is 4. The summed E-state index contributed by atoms with van der Waals surface area (Å²) in [6.45, 7) is 5.41. The van der Waals surface area contributed by atoms with Crippen LogP contribution in [0.5, 0.6) is 5.75 Å². The molecule has 5 heteroatoms. The molecule has 1 unspecified atom stereocenters. The fourth-order valence-electron chi connectivity index (χ4n) is 2.57. The number of carbonyl (C=O) groups is 1. The maximum atomic E-state index is 11.8. The number of benzene rings is 1. The normalized spacial score (nSPS) is 18.0. The minimum Gasteiger partial charge on any atom is -0.496 e. The molecular formula is C14H21N3O2. The van der Waals surface area contributed by atoms with Gasteiger partial charge in [0.15, 0.2) is 0 Å². The standard InChI is InChI=1S/C14H21N3O2/c1-10-9-11(3-4-12(10)19-2)13(14(15)18)17-7-5-16-6-8-17/h3-4,9,13,16H,5-8H2,1-2H3,(H2,15,18). The Morgan fingerprint density at radius 3 is 2.63 bits per heavy atom. The van der Waals surface area contributed by atoms with Gasteiger partial charge in [0.25, 0.3) is 0 Å². The Labute approximate surface area is 113 Å². The number of hydrogen-bond donors (Lipinski definition) is 2. The highest BCUT2D eigenvalue weighted by Gasteiger charge is 2.27. The highest BCUT2D eigenvalue weighted by Crippen LogP contribution is 2.26. The molecule has 0 aliphatic carbocycles. The molecule has 1 aliphatic rings. The summed E-state index contributed by atoms with van der Waals surface area (Å²) < 4.78 is 5.25. The average molecular weight is 263 g/mol. The number of nitrogens with one attached hydrogen (secondary N) is 1. The van der Waals surface area contributed by atoms with Crippen molar-refractivity contribution in [3.8, 4) is 5.75 Å². The van der Waals surface area contributed by atoms with Crippen molar-refractivity contribution < 1.29 is 9.53 Å². The first-order valence-corrected chi connectivity index (χ1v) is 6.52. The zero-order chi connectivity index (χ0) is 13.8. The topological polar surface area (TPSA) is 67.6 Å². The average Bonchev–Trinajstić information content (AvgIpc) is 2.40. The van der Waals surface area contributed by atoms with Crippen LogP contribution in [0, 0.1) is 6.92 Å². The number of piperazine rings is 1. The van der Waals surface area contributed by atoms with Crippen molar-refractivity contribution in [3.63, 3.8) is 0 Å². The summed E-state index contributed by atoms with van der Waals surface area (Å²) in [6.07, 6.45) is 0. The molecule has 0 radical (unpaired) electrons. The number of methoxy groups -OCH3 is 1. The quantitative estimate of drug-likeness (QED) is 0.827. The van der Waals surface area contributed by atoms with Gasteiger partial charge in [0.2, 0.25) is 5.91 Å². The molecule has 5 nitrogen and oxygen atoms in total. The van der Waals surface area contributed by atoms with E-state index in [0.29, 0.717) is 0 Å². The number of carbonyl (C=O) groups excluding carboxylic acids is 1. The van der Waals surface area contributed by atoms with Crippen molar-refractivity contribution in [2.45, 2.75) is 13.0 Å². The number of ether oxygens (including phenoxy) is 1. The molecule has 1 aromatic rings. The Bertz CT molecular complexity index is 456. The highest BCUT2D eigenvalue weighted by molar-refractivity contribution is 5.81. The molecule has 0 bridgehead atoms. The molecule has 1 saturated heterocycles. The van der Waals surface area contributed by atoms with Crippen molar-refractivity contribution >= 4 is 5.91 Å². The Hall–Kier alpha value is -1.59. The van der Waals surface area contributed by atoms with Crippen molar-refractivity contribution in [2.24, 2.45) is 5.73 Å². The van der Waals surface area contributed by atoms with Gasteiger partial charge in [0.1, 0.15) is 11.8 Å². The van der Waals surface area contributed by atoms with Gasteiger partial charge in [0, 0.05) is 26.2 Å². The summed E-state index contributed by atoms with van der Waals surface area (Å²) in [7, 11) is 1.64. The maximum absolute atomic E-state index is 11.8. The summed E-state index contributed by atoms with van der Waals surface area (Å²) >= 11 is 0. The minimum atomic E-state index is -0.355. The van der Waals surface area contributed by atoms with Crippen LogP contribution in [0.1, 0.15) is 17.2 Å². The zero-order valence-corrected chi connectivity index (χ0v) is 11.5. The van der Waals surface area contributed by atoms with E-state index in [1.54, 1.807) is 7.11 Å². The minimum absolute atomic E-state index is 0.300. The van der Waals surface area contributed by atoms with Crippen molar-refractivity contribution in [1.82, 2.24) is 10.2 Å². The smallest absolute Gasteiger partial charge is 0.239 e. The third-order valence-corrected chi connectivity index (χ3v) is 3.52.